The topological polar surface area (TPSA) is 68.2 Å². The molecule has 1 amide bonds. The Morgan fingerprint density at radius 3 is 2.50 bits per heavy atom. The summed E-state index contributed by atoms with van der Waals surface area (Å²) in [5.41, 5.74) is 1.54. The molecule has 0 radical (unpaired) electrons. The number of aryl methyl sites for hydroxylation is 1. The Balaban J connectivity index is 0.00000288. The van der Waals surface area contributed by atoms with Gasteiger partial charge in [-0.25, -0.2) is 0 Å². The number of alkyl halides is 2. The fourth-order valence-electron chi connectivity index (χ4n) is 2.12. The molecule has 0 bridgehead atoms. The van der Waals surface area contributed by atoms with Gasteiger partial charge >= 0.3 is 6.61 Å². The molecule has 0 spiro atoms. The Morgan fingerprint density at radius 2 is 2.00 bits per heavy atom. The summed E-state index contributed by atoms with van der Waals surface area (Å²) in [6, 6.07) is 5.60. The van der Waals surface area contributed by atoms with E-state index >= 15 is 0 Å². The van der Waals surface area contributed by atoms with Gasteiger partial charge in [-0.2, -0.15) is 13.9 Å². The summed E-state index contributed by atoms with van der Waals surface area (Å²) in [6.07, 6.45) is 3.38. The molecule has 2 N–H and O–H groups in total. The first-order valence-corrected chi connectivity index (χ1v) is 6.97. The molecule has 1 atom stereocenters. The Labute approximate surface area is 144 Å². The maximum Gasteiger partial charge on any atom is 0.387 e. The first kappa shape index (κ1) is 19.9. The second-order valence-corrected chi connectivity index (χ2v) is 4.91. The number of carbonyl (C=O) groups excluding carboxylic acids is 1. The van der Waals surface area contributed by atoms with E-state index in [1.807, 2.05) is 0 Å². The van der Waals surface area contributed by atoms with E-state index in [1.165, 1.54) is 12.1 Å². The van der Waals surface area contributed by atoms with E-state index in [1.54, 1.807) is 43.3 Å². The minimum absolute atomic E-state index is 0. The van der Waals surface area contributed by atoms with Crippen LogP contribution in [0.4, 0.5) is 8.78 Å². The molecule has 0 aliphatic carbocycles. The SMILES string of the molecule is CNC(C(=O)NCc1ccc(OC(F)F)cc1)c1cnn(C)c1.Cl. The van der Waals surface area contributed by atoms with Crippen LogP contribution in [0.15, 0.2) is 36.7 Å². The molecule has 2 rings (SSSR count). The third kappa shape index (κ3) is 5.47. The van der Waals surface area contributed by atoms with Gasteiger partial charge in [-0.1, -0.05) is 12.1 Å². The summed E-state index contributed by atoms with van der Waals surface area (Å²) in [5, 5.41) is 9.76. The van der Waals surface area contributed by atoms with Gasteiger partial charge in [0.15, 0.2) is 0 Å². The molecular weight excluding hydrogens is 342 g/mol. The molecule has 0 aliphatic rings. The summed E-state index contributed by atoms with van der Waals surface area (Å²) in [7, 11) is 3.46. The molecule has 1 aromatic heterocycles. The molecule has 132 valence electrons. The van der Waals surface area contributed by atoms with Crippen molar-refractivity contribution in [2.45, 2.75) is 19.2 Å². The van der Waals surface area contributed by atoms with E-state index in [0.717, 1.165) is 11.1 Å². The lowest BCUT2D eigenvalue weighted by atomic mass is 10.1. The van der Waals surface area contributed by atoms with Crippen molar-refractivity contribution in [2.24, 2.45) is 7.05 Å². The number of carbonyl (C=O) groups is 1. The van der Waals surface area contributed by atoms with E-state index < -0.39 is 12.7 Å². The summed E-state index contributed by atoms with van der Waals surface area (Å²) in [5.74, 6) is -0.119. The van der Waals surface area contributed by atoms with E-state index in [0.29, 0.717) is 0 Å². The number of halogens is 3. The van der Waals surface area contributed by atoms with Gasteiger partial charge in [0.1, 0.15) is 11.8 Å². The third-order valence-corrected chi connectivity index (χ3v) is 3.22. The van der Waals surface area contributed by atoms with E-state index in [2.05, 4.69) is 20.5 Å². The van der Waals surface area contributed by atoms with Crippen LogP contribution in [0.1, 0.15) is 17.2 Å². The largest absolute Gasteiger partial charge is 0.435 e. The predicted molar refractivity (Wildman–Crippen MR) is 87.2 cm³/mol. The van der Waals surface area contributed by atoms with Crippen molar-refractivity contribution in [1.29, 1.82) is 0 Å². The lowest BCUT2D eigenvalue weighted by Gasteiger charge is -2.14. The van der Waals surface area contributed by atoms with Crippen LogP contribution in [0.2, 0.25) is 0 Å². The molecule has 1 heterocycles. The summed E-state index contributed by atoms with van der Waals surface area (Å²) in [4.78, 5) is 12.2. The highest BCUT2D eigenvalue weighted by atomic mass is 35.5. The predicted octanol–water partition coefficient (Wildman–Crippen LogP) is 2.02. The fraction of sp³-hybridized carbons (Fsp3) is 0.333. The number of hydrogen-bond donors (Lipinski definition) is 2. The molecular formula is C15H19ClF2N4O2. The number of hydrogen-bond acceptors (Lipinski definition) is 4. The lowest BCUT2D eigenvalue weighted by molar-refractivity contribution is -0.123. The van der Waals surface area contributed by atoms with E-state index in [4.69, 9.17) is 0 Å². The normalized spacial score (nSPS) is 11.7. The zero-order valence-corrected chi connectivity index (χ0v) is 14.0. The molecule has 0 saturated heterocycles. The van der Waals surface area contributed by atoms with Crippen LogP contribution in [0.3, 0.4) is 0 Å². The van der Waals surface area contributed by atoms with Crippen molar-refractivity contribution in [3.63, 3.8) is 0 Å². The van der Waals surface area contributed by atoms with Gasteiger partial charge in [0, 0.05) is 25.4 Å². The second kappa shape index (κ2) is 9.19. The van der Waals surface area contributed by atoms with Gasteiger partial charge in [-0.05, 0) is 24.7 Å². The van der Waals surface area contributed by atoms with Gasteiger partial charge in [0.05, 0.1) is 6.20 Å². The van der Waals surface area contributed by atoms with Crippen LogP contribution in [-0.4, -0.2) is 29.3 Å². The van der Waals surface area contributed by atoms with Gasteiger partial charge in [-0.3, -0.25) is 9.48 Å². The Bertz CT molecular complexity index is 649. The maximum atomic E-state index is 12.2. The Kier molecular flexibility index (Phi) is 7.60. The van der Waals surface area contributed by atoms with Crippen molar-refractivity contribution in [1.82, 2.24) is 20.4 Å². The van der Waals surface area contributed by atoms with E-state index in [-0.39, 0.29) is 30.6 Å². The summed E-state index contributed by atoms with van der Waals surface area (Å²) in [6.45, 7) is -2.57. The number of likely N-dealkylation sites (N-methyl/N-ethyl adjacent to an activating group) is 1. The molecule has 24 heavy (non-hydrogen) atoms. The van der Waals surface area contributed by atoms with Gasteiger partial charge in [0.2, 0.25) is 5.91 Å². The number of benzene rings is 1. The minimum Gasteiger partial charge on any atom is -0.435 e. The third-order valence-electron chi connectivity index (χ3n) is 3.22. The first-order chi connectivity index (χ1) is 11.0. The zero-order valence-electron chi connectivity index (χ0n) is 13.2. The highest BCUT2D eigenvalue weighted by Gasteiger charge is 2.19. The highest BCUT2D eigenvalue weighted by molar-refractivity contribution is 5.85. The van der Waals surface area contributed by atoms with Gasteiger partial charge < -0.3 is 15.4 Å². The average molecular weight is 361 g/mol. The van der Waals surface area contributed by atoms with Crippen molar-refractivity contribution in [3.05, 3.63) is 47.8 Å². The quantitative estimate of drug-likeness (QED) is 0.792. The lowest BCUT2D eigenvalue weighted by Crippen LogP contribution is -2.35. The number of aromatic nitrogens is 2. The van der Waals surface area contributed by atoms with Crippen LogP contribution in [-0.2, 0) is 18.4 Å². The van der Waals surface area contributed by atoms with Crippen LogP contribution in [0.5, 0.6) is 5.75 Å². The van der Waals surface area contributed by atoms with E-state index in [9.17, 15) is 13.6 Å². The Morgan fingerprint density at radius 1 is 1.33 bits per heavy atom. The number of nitrogens with one attached hydrogen (secondary N) is 2. The molecule has 0 aliphatic heterocycles. The minimum atomic E-state index is -2.85. The van der Waals surface area contributed by atoms with Crippen LogP contribution < -0.4 is 15.4 Å². The highest BCUT2D eigenvalue weighted by Crippen LogP contribution is 2.15. The molecule has 1 aromatic carbocycles. The molecule has 2 aromatic rings. The maximum absolute atomic E-state index is 12.2. The molecule has 1 unspecified atom stereocenters. The summed E-state index contributed by atoms with van der Waals surface area (Å²) >= 11 is 0. The number of ether oxygens (including phenoxy) is 1. The zero-order chi connectivity index (χ0) is 16.8. The molecule has 0 saturated carbocycles. The molecule has 6 nitrogen and oxygen atoms in total. The second-order valence-electron chi connectivity index (χ2n) is 4.91. The standard InChI is InChI=1S/C15H18F2N4O2.ClH/c1-18-13(11-8-20-21(2)9-11)14(22)19-7-10-3-5-12(6-4-10)23-15(16)17;/h3-6,8-9,13,15,18H,7H2,1-2H3,(H,19,22);1H. The van der Waals surface area contributed by atoms with Crippen LogP contribution >= 0.6 is 12.4 Å². The van der Waals surface area contributed by atoms with Crippen LogP contribution in [0.25, 0.3) is 0 Å². The monoisotopic (exact) mass is 360 g/mol. The molecule has 9 heteroatoms. The number of nitrogens with zero attached hydrogens (tertiary/aromatic N) is 2. The Hall–Kier alpha value is -2.19. The summed E-state index contributed by atoms with van der Waals surface area (Å²) < 4.78 is 30.0. The average Bonchev–Trinajstić information content (AvgIpc) is 2.93. The van der Waals surface area contributed by atoms with Gasteiger partial charge in [-0.15, -0.1) is 12.4 Å². The van der Waals surface area contributed by atoms with Crippen molar-refractivity contribution in [3.8, 4) is 5.75 Å². The molecule has 0 fully saturated rings. The van der Waals surface area contributed by atoms with Crippen molar-refractivity contribution >= 4 is 18.3 Å². The van der Waals surface area contributed by atoms with Crippen LogP contribution in [0, 0.1) is 0 Å². The van der Waals surface area contributed by atoms with Gasteiger partial charge in [0.25, 0.3) is 0 Å². The smallest absolute Gasteiger partial charge is 0.387 e. The number of rotatable bonds is 7. The van der Waals surface area contributed by atoms with Crippen molar-refractivity contribution < 1.29 is 18.3 Å². The fourth-order valence-corrected chi connectivity index (χ4v) is 2.12. The first-order valence-electron chi connectivity index (χ1n) is 6.97. The van der Waals surface area contributed by atoms with Crippen molar-refractivity contribution in [2.75, 3.05) is 7.05 Å². The number of amides is 1.